The van der Waals surface area contributed by atoms with E-state index in [4.69, 9.17) is 23.2 Å². The molecular weight excluding hydrogens is 291 g/mol. The lowest BCUT2D eigenvalue weighted by molar-refractivity contribution is -0.0322. The first-order valence-electron chi connectivity index (χ1n) is 7.67. The molecule has 1 spiro atoms. The van der Waals surface area contributed by atoms with E-state index in [2.05, 4.69) is 0 Å². The second kappa shape index (κ2) is 5.51. The summed E-state index contributed by atoms with van der Waals surface area (Å²) in [7, 11) is 0. The summed E-state index contributed by atoms with van der Waals surface area (Å²) in [4.78, 5) is 0. The maximum Gasteiger partial charge on any atom is 0.0688 e. The average Bonchev–Trinajstić information content (AvgIpc) is 2.87. The summed E-state index contributed by atoms with van der Waals surface area (Å²) in [6.45, 7) is 0. The van der Waals surface area contributed by atoms with E-state index in [1.165, 1.54) is 38.5 Å². The molecule has 2 aliphatic rings. The van der Waals surface area contributed by atoms with Gasteiger partial charge in [0.05, 0.1) is 5.60 Å². The van der Waals surface area contributed by atoms with Crippen LogP contribution in [-0.2, 0) is 6.42 Å². The minimum absolute atomic E-state index is 0.546. The van der Waals surface area contributed by atoms with Crippen molar-refractivity contribution < 1.29 is 5.11 Å². The fourth-order valence-corrected chi connectivity index (χ4v) is 4.46. The highest BCUT2D eigenvalue weighted by molar-refractivity contribution is 6.33. The Morgan fingerprint density at radius 1 is 0.950 bits per heavy atom. The van der Waals surface area contributed by atoms with E-state index in [0.29, 0.717) is 21.9 Å². The number of rotatable bonds is 2. The largest absolute Gasteiger partial charge is 0.390 e. The zero-order valence-corrected chi connectivity index (χ0v) is 13.3. The second-order valence-corrected chi connectivity index (χ2v) is 7.69. The van der Waals surface area contributed by atoms with Crippen LogP contribution < -0.4 is 0 Å². The van der Waals surface area contributed by atoms with Gasteiger partial charge in [-0.2, -0.15) is 0 Å². The van der Waals surface area contributed by atoms with Crippen LogP contribution in [0.5, 0.6) is 0 Å². The normalized spacial score (nSPS) is 24.1. The van der Waals surface area contributed by atoms with Gasteiger partial charge in [0.2, 0.25) is 0 Å². The molecule has 0 radical (unpaired) electrons. The molecule has 0 aromatic heterocycles. The van der Waals surface area contributed by atoms with Gasteiger partial charge in [0, 0.05) is 16.5 Å². The van der Waals surface area contributed by atoms with Crippen LogP contribution >= 0.6 is 23.2 Å². The van der Waals surface area contributed by atoms with Crippen molar-refractivity contribution in [2.45, 2.75) is 63.4 Å². The molecule has 0 saturated heterocycles. The van der Waals surface area contributed by atoms with Gasteiger partial charge in [-0.05, 0) is 67.7 Å². The first kappa shape index (κ1) is 14.7. The number of hydrogen-bond acceptors (Lipinski definition) is 1. The maximum absolute atomic E-state index is 10.9. The Hall–Kier alpha value is -0.240. The standard InChI is InChI=1S/C17H22Cl2O/c18-14-3-4-15(19)13(11-14)12-17(20)9-7-16(8-10-17)5-1-2-6-16/h3-4,11,20H,1-2,5-10,12H2. The van der Waals surface area contributed by atoms with Crippen LogP contribution in [-0.4, -0.2) is 10.7 Å². The van der Waals surface area contributed by atoms with E-state index in [-0.39, 0.29) is 0 Å². The van der Waals surface area contributed by atoms with Gasteiger partial charge in [-0.15, -0.1) is 0 Å². The van der Waals surface area contributed by atoms with Crippen molar-refractivity contribution in [1.82, 2.24) is 0 Å². The second-order valence-electron chi connectivity index (χ2n) is 6.84. The van der Waals surface area contributed by atoms with Crippen molar-refractivity contribution in [1.29, 1.82) is 0 Å². The van der Waals surface area contributed by atoms with Gasteiger partial charge in [-0.25, -0.2) is 0 Å². The van der Waals surface area contributed by atoms with Crippen LogP contribution in [0.2, 0.25) is 10.0 Å². The highest BCUT2D eigenvalue weighted by atomic mass is 35.5. The molecule has 2 saturated carbocycles. The Balaban J connectivity index is 1.70. The summed E-state index contributed by atoms with van der Waals surface area (Å²) < 4.78 is 0. The fourth-order valence-electron chi connectivity index (χ4n) is 4.08. The highest BCUT2D eigenvalue weighted by Crippen LogP contribution is 2.51. The topological polar surface area (TPSA) is 20.2 Å². The lowest BCUT2D eigenvalue weighted by Gasteiger charge is -2.42. The van der Waals surface area contributed by atoms with Gasteiger partial charge in [0.1, 0.15) is 0 Å². The van der Waals surface area contributed by atoms with Crippen molar-refractivity contribution in [3.63, 3.8) is 0 Å². The van der Waals surface area contributed by atoms with Crippen LogP contribution in [0.1, 0.15) is 56.9 Å². The van der Waals surface area contributed by atoms with Gasteiger partial charge in [-0.3, -0.25) is 0 Å². The number of aliphatic hydroxyl groups is 1. The minimum Gasteiger partial charge on any atom is -0.390 e. The molecule has 0 unspecified atom stereocenters. The van der Waals surface area contributed by atoms with Crippen LogP contribution in [0.25, 0.3) is 0 Å². The Morgan fingerprint density at radius 2 is 1.60 bits per heavy atom. The predicted octanol–water partition coefficient (Wildman–Crippen LogP) is 5.40. The summed E-state index contributed by atoms with van der Waals surface area (Å²) in [5.41, 5.74) is 0.927. The molecule has 0 aliphatic heterocycles. The van der Waals surface area contributed by atoms with Gasteiger partial charge in [0.25, 0.3) is 0 Å². The third kappa shape index (κ3) is 3.00. The lowest BCUT2D eigenvalue weighted by atomic mass is 9.66. The predicted molar refractivity (Wildman–Crippen MR) is 84.5 cm³/mol. The molecule has 1 nitrogen and oxygen atoms in total. The third-order valence-electron chi connectivity index (χ3n) is 5.43. The molecule has 1 aromatic carbocycles. The molecule has 2 fully saturated rings. The van der Waals surface area contributed by atoms with Crippen molar-refractivity contribution in [3.05, 3.63) is 33.8 Å². The SMILES string of the molecule is OC1(Cc2cc(Cl)ccc2Cl)CCC2(CCCC2)CC1. The molecule has 0 amide bonds. The van der Waals surface area contributed by atoms with Gasteiger partial charge in [0.15, 0.2) is 0 Å². The smallest absolute Gasteiger partial charge is 0.0688 e. The molecule has 110 valence electrons. The molecular formula is C17H22Cl2O. The molecule has 0 bridgehead atoms. The van der Waals surface area contributed by atoms with E-state index in [1.807, 2.05) is 12.1 Å². The lowest BCUT2D eigenvalue weighted by Crippen LogP contribution is -2.39. The van der Waals surface area contributed by atoms with E-state index >= 15 is 0 Å². The first-order chi connectivity index (χ1) is 9.50. The van der Waals surface area contributed by atoms with Gasteiger partial charge in [-0.1, -0.05) is 36.0 Å². The van der Waals surface area contributed by atoms with Crippen molar-refractivity contribution in [2.75, 3.05) is 0 Å². The van der Waals surface area contributed by atoms with Crippen molar-refractivity contribution in [2.24, 2.45) is 5.41 Å². The number of hydrogen-bond donors (Lipinski definition) is 1. The molecule has 1 aromatic rings. The van der Waals surface area contributed by atoms with Crippen molar-refractivity contribution in [3.8, 4) is 0 Å². The molecule has 2 aliphatic carbocycles. The summed E-state index contributed by atoms with van der Waals surface area (Å²) in [5, 5.41) is 12.3. The van der Waals surface area contributed by atoms with Crippen molar-refractivity contribution >= 4 is 23.2 Å². The van der Waals surface area contributed by atoms with Crippen LogP contribution in [0.3, 0.4) is 0 Å². The average molecular weight is 313 g/mol. The first-order valence-corrected chi connectivity index (χ1v) is 8.42. The van der Waals surface area contributed by atoms with E-state index < -0.39 is 5.60 Å². The minimum atomic E-state index is -0.595. The van der Waals surface area contributed by atoms with Crippen LogP contribution in [0, 0.1) is 5.41 Å². The molecule has 0 heterocycles. The zero-order chi connectivity index (χ0) is 14.2. The summed E-state index contributed by atoms with van der Waals surface area (Å²) in [6.07, 6.45) is 10.2. The maximum atomic E-state index is 10.9. The van der Waals surface area contributed by atoms with E-state index in [9.17, 15) is 5.11 Å². The Bertz CT molecular complexity index is 482. The van der Waals surface area contributed by atoms with E-state index in [0.717, 1.165) is 18.4 Å². The Morgan fingerprint density at radius 3 is 2.25 bits per heavy atom. The quantitative estimate of drug-likeness (QED) is 0.775. The monoisotopic (exact) mass is 312 g/mol. The molecule has 1 N–H and O–H groups in total. The Labute approximate surface area is 131 Å². The molecule has 0 atom stereocenters. The zero-order valence-electron chi connectivity index (χ0n) is 11.8. The van der Waals surface area contributed by atoms with Crippen LogP contribution in [0.4, 0.5) is 0 Å². The Kier molecular flexibility index (Phi) is 4.05. The fraction of sp³-hybridized carbons (Fsp3) is 0.647. The number of benzene rings is 1. The highest BCUT2D eigenvalue weighted by Gasteiger charge is 2.43. The van der Waals surface area contributed by atoms with Gasteiger partial charge < -0.3 is 5.11 Å². The van der Waals surface area contributed by atoms with Gasteiger partial charge >= 0.3 is 0 Å². The summed E-state index contributed by atoms with van der Waals surface area (Å²) >= 11 is 12.3. The van der Waals surface area contributed by atoms with E-state index in [1.54, 1.807) is 6.07 Å². The molecule has 3 rings (SSSR count). The molecule has 20 heavy (non-hydrogen) atoms. The van der Waals surface area contributed by atoms with Crippen LogP contribution in [0.15, 0.2) is 18.2 Å². The summed E-state index contributed by atoms with van der Waals surface area (Å²) in [6, 6.07) is 5.51. The summed E-state index contributed by atoms with van der Waals surface area (Å²) in [5.74, 6) is 0. The molecule has 3 heteroatoms. The number of halogens is 2. The third-order valence-corrected chi connectivity index (χ3v) is 6.04.